The van der Waals surface area contributed by atoms with Crippen LogP contribution in [0.4, 0.5) is 11.4 Å². The summed E-state index contributed by atoms with van der Waals surface area (Å²) in [5.41, 5.74) is 7.26. The van der Waals surface area contributed by atoms with Gasteiger partial charge in [0.25, 0.3) is 0 Å². The molecule has 118 valence electrons. The van der Waals surface area contributed by atoms with Gasteiger partial charge in [0.15, 0.2) is 0 Å². The zero-order chi connectivity index (χ0) is 15.8. The zero-order valence-electron chi connectivity index (χ0n) is 12.8. The lowest BCUT2D eigenvalue weighted by molar-refractivity contribution is 0.0527. The molecule has 21 heavy (non-hydrogen) atoms. The van der Waals surface area contributed by atoms with E-state index in [0.29, 0.717) is 54.9 Å². The van der Waals surface area contributed by atoms with Crippen LogP contribution in [0.15, 0.2) is 12.1 Å². The Hall–Kier alpha value is -1.46. The van der Waals surface area contributed by atoms with Crippen LogP contribution in [0.1, 0.15) is 31.1 Å². The van der Waals surface area contributed by atoms with Gasteiger partial charge < -0.3 is 20.1 Å². The molecule has 0 radical (unpaired) electrons. The number of nitrogens with two attached hydrogens (primary N) is 1. The van der Waals surface area contributed by atoms with E-state index in [1.807, 2.05) is 18.7 Å². The van der Waals surface area contributed by atoms with E-state index >= 15 is 0 Å². The summed E-state index contributed by atoms with van der Waals surface area (Å²) in [5, 5.41) is 0.441. The Kier molecular flexibility index (Phi) is 7.32. The predicted molar refractivity (Wildman–Crippen MR) is 86.2 cm³/mol. The van der Waals surface area contributed by atoms with Crippen LogP contribution in [0.3, 0.4) is 0 Å². The molecule has 1 aromatic rings. The van der Waals surface area contributed by atoms with Crippen LogP contribution in [0, 0.1) is 0 Å². The molecule has 0 bridgehead atoms. The van der Waals surface area contributed by atoms with Crippen molar-refractivity contribution in [1.29, 1.82) is 0 Å². The first-order chi connectivity index (χ1) is 10.0. The lowest BCUT2D eigenvalue weighted by Gasteiger charge is -2.26. The second-order valence-electron chi connectivity index (χ2n) is 4.40. The molecule has 0 atom stereocenters. The predicted octanol–water partition coefficient (Wildman–Crippen LogP) is 2.96. The van der Waals surface area contributed by atoms with Crippen molar-refractivity contribution in [3.8, 4) is 0 Å². The van der Waals surface area contributed by atoms with Gasteiger partial charge in [-0.05, 0) is 32.9 Å². The highest BCUT2D eigenvalue weighted by Gasteiger charge is 2.21. The van der Waals surface area contributed by atoms with Crippen LogP contribution in [-0.2, 0) is 9.47 Å². The second kappa shape index (κ2) is 8.74. The summed E-state index contributed by atoms with van der Waals surface area (Å²) in [6, 6.07) is 3.24. The number of hydrogen-bond donors (Lipinski definition) is 1. The molecule has 0 heterocycles. The molecule has 1 aromatic carbocycles. The van der Waals surface area contributed by atoms with E-state index in [1.54, 1.807) is 19.1 Å². The fourth-order valence-electron chi connectivity index (χ4n) is 2.05. The first-order valence-electron chi connectivity index (χ1n) is 7.13. The van der Waals surface area contributed by atoms with Crippen LogP contribution in [0.2, 0.25) is 5.02 Å². The van der Waals surface area contributed by atoms with E-state index in [9.17, 15) is 4.79 Å². The first kappa shape index (κ1) is 17.6. The van der Waals surface area contributed by atoms with Gasteiger partial charge in [-0.15, -0.1) is 0 Å². The average molecular weight is 315 g/mol. The third-order valence-electron chi connectivity index (χ3n) is 2.99. The van der Waals surface area contributed by atoms with E-state index in [4.69, 9.17) is 26.8 Å². The molecule has 0 fully saturated rings. The molecule has 0 saturated heterocycles. The fourth-order valence-corrected chi connectivity index (χ4v) is 2.40. The molecule has 0 amide bonds. The van der Waals surface area contributed by atoms with Crippen molar-refractivity contribution in [2.45, 2.75) is 20.8 Å². The highest BCUT2D eigenvalue weighted by Crippen LogP contribution is 2.33. The maximum absolute atomic E-state index is 12.1. The number of ether oxygens (including phenoxy) is 2. The minimum absolute atomic E-state index is 0.301. The summed E-state index contributed by atoms with van der Waals surface area (Å²) >= 11 is 6.29. The molecule has 0 saturated carbocycles. The van der Waals surface area contributed by atoms with E-state index in [-0.39, 0.29) is 0 Å². The Morgan fingerprint density at radius 2 is 2.00 bits per heavy atom. The number of carbonyl (C=O) groups is 1. The Bertz CT molecular complexity index is 480. The van der Waals surface area contributed by atoms with Gasteiger partial charge in [0.1, 0.15) is 0 Å². The topological polar surface area (TPSA) is 64.8 Å². The van der Waals surface area contributed by atoms with Gasteiger partial charge >= 0.3 is 5.97 Å². The molecular formula is C15H23ClN2O3. The zero-order valence-corrected chi connectivity index (χ0v) is 13.6. The van der Waals surface area contributed by atoms with Crippen molar-refractivity contribution in [1.82, 2.24) is 0 Å². The largest absolute Gasteiger partial charge is 0.462 e. The SMILES string of the molecule is CCOCCN(CC)c1c(Cl)cc(N)cc1C(=O)OCC. The number of nitrogen functional groups attached to an aromatic ring is 1. The normalized spacial score (nSPS) is 10.5. The number of hydrogen-bond acceptors (Lipinski definition) is 5. The first-order valence-corrected chi connectivity index (χ1v) is 7.51. The minimum Gasteiger partial charge on any atom is -0.462 e. The summed E-state index contributed by atoms with van der Waals surface area (Å²) in [7, 11) is 0. The monoisotopic (exact) mass is 314 g/mol. The van der Waals surface area contributed by atoms with Crippen molar-refractivity contribution < 1.29 is 14.3 Å². The molecule has 6 heteroatoms. The number of carbonyl (C=O) groups excluding carboxylic acids is 1. The van der Waals surface area contributed by atoms with Crippen LogP contribution in [0.25, 0.3) is 0 Å². The number of anilines is 2. The molecule has 0 unspecified atom stereocenters. The van der Waals surface area contributed by atoms with Gasteiger partial charge in [-0.2, -0.15) is 0 Å². The second-order valence-corrected chi connectivity index (χ2v) is 4.80. The lowest BCUT2D eigenvalue weighted by atomic mass is 10.1. The summed E-state index contributed by atoms with van der Waals surface area (Å²) in [5.74, 6) is -0.420. The highest BCUT2D eigenvalue weighted by atomic mass is 35.5. The third kappa shape index (κ3) is 4.79. The number of benzene rings is 1. The van der Waals surface area contributed by atoms with E-state index in [0.717, 1.165) is 0 Å². The summed E-state index contributed by atoms with van der Waals surface area (Å²) < 4.78 is 10.5. The molecule has 2 N–H and O–H groups in total. The lowest BCUT2D eigenvalue weighted by Crippen LogP contribution is -2.29. The number of esters is 1. The fraction of sp³-hybridized carbons (Fsp3) is 0.533. The quantitative estimate of drug-likeness (QED) is 0.454. The van der Waals surface area contributed by atoms with Gasteiger partial charge in [-0.1, -0.05) is 11.6 Å². The van der Waals surface area contributed by atoms with E-state index < -0.39 is 5.97 Å². The Morgan fingerprint density at radius 3 is 2.57 bits per heavy atom. The molecule has 0 spiro atoms. The Balaban J connectivity index is 3.14. The number of likely N-dealkylation sites (N-methyl/N-ethyl adjacent to an activating group) is 1. The highest BCUT2D eigenvalue weighted by molar-refractivity contribution is 6.34. The van der Waals surface area contributed by atoms with Crippen LogP contribution >= 0.6 is 11.6 Å². The van der Waals surface area contributed by atoms with Crippen LogP contribution in [-0.4, -0.2) is 38.9 Å². The maximum atomic E-state index is 12.1. The molecule has 0 aliphatic rings. The molecule has 0 aliphatic carbocycles. The van der Waals surface area contributed by atoms with E-state index in [1.165, 1.54) is 0 Å². The molecule has 5 nitrogen and oxygen atoms in total. The van der Waals surface area contributed by atoms with Gasteiger partial charge in [-0.3, -0.25) is 0 Å². The molecule has 0 aromatic heterocycles. The number of nitrogens with zero attached hydrogens (tertiary/aromatic N) is 1. The summed E-state index contributed by atoms with van der Waals surface area (Å²) in [4.78, 5) is 14.1. The van der Waals surface area contributed by atoms with Crippen molar-refractivity contribution >= 4 is 28.9 Å². The molecule has 0 aliphatic heterocycles. The summed E-state index contributed by atoms with van der Waals surface area (Å²) in [6.45, 7) is 8.55. The van der Waals surface area contributed by atoms with Crippen molar-refractivity contribution in [3.63, 3.8) is 0 Å². The average Bonchev–Trinajstić information content (AvgIpc) is 2.44. The third-order valence-corrected chi connectivity index (χ3v) is 3.28. The van der Waals surface area contributed by atoms with Crippen molar-refractivity contribution in [3.05, 3.63) is 22.7 Å². The summed E-state index contributed by atoms with van der Waals surface area (Å²) in [6.07, 6.45) is 0. The number of halogens is 1. The smallest absolute Gasteiger partial charge is 0.340 e. The Morgan fingerprint density at radius 1 is 1.29 bits per heavy atom. The number of rotatable bonds is 8. The molecule has 1 rings (SSSR count). The van der Waals surface area contributed by atoms with Crippen molar-refractivity contribution in [2.24, 2.45) is 0 Å². The molecular weight excluding hydrogens is 292 g/mol. The van der Waals surface area contributed by atoms with Gasteiger partial charge in [-0.25, -0.2) is 4.79 Å². The standard InChI is InChI=1S/C15H23ClN2O3/c1-4-18(7-8-20-5-2)14-12(15(19)21-6-3)9-11(17)10-13(14)16/h9-10H,4-8,17H2,1-3H3. The van der Waals surface area contributed by atoms with E-state index in [2.05, 4.69) is 0 Å². The van der Waals surface area contributed by atoms with Crippen LogP contribution in [0.5, 0.6) is 0 Å². The minimum atomic E-state index is -0.420. The maximum Gasteiger partial charge on any atom is 0.340 e. The van der Waals surface area contributed by atoms with Gasteiger partial charge in [0.05, 0.1) is 29.5 Å². The Labute approximate surface area is 131 Å². The van der Waals surface area contributed by atoms with Gasteiger partial charge in [0, 0.05) is 25.4 Å². The van der Waals surface area contributed by atoms with Crippen molar-refractivity contribution in [2.75, 3.05) is 43.5 Å². The van der Waals surface area contributed by atoms with Gasteiger partial charge in [0.2, 0.25) is 0 Å². The van der Waals surface area contributed by atoms with Crippen LogP contribution < -0.4 is 10.6 Å².